The number of rotatable bonds is 5. The first kappa shape index (κ1) is 17.0. The number of benzene rings is 1. The van der Waals surface area contributed by atoms with Gasteiger partial charge in [-0.3, -0.25) is 4.90 Å². The van der Waals surface area contributed by atoms with E-state index in [0.29, 0.717) is 0 Å². The van der Waals surface area contributed by atoms with Gasteiger partial charge in [0.25, 0.3) is 0 Å². The zero-order valence-electron chi connectivity index (χ0n) is 12.4. The molecule has 0 heterocycles. The molecule has 6 heteroatoms. The Balaban J connectivity index is 2.84. The molecule has 1 rings (SSSR count). The highest BCUT2D eigenvalue weighted by Gasteiger charge is 2.38. The molecule has 0 saturated heterocycles. The molecule has 0 aliphatic heterocycles. The van der Waals surface area contributed by atoms with E-state index in [4.69, 9.17) is 9.84 Å². The molecule has 0 aromatic heterocycles. The molecule has 1 atom stereocenters. The number of aliphatic hydroxyl groups is 1. The van der Waals surface area contributed by atoms with E-state index < -0.39 is 30.3 Å². The van der Waals surface area contributed by atoms with Crippen molar-refractivity contribution in [1.29, 1.82) is 0 Å². The molecule has 1 aromatic carbocycles. The van der Waals surface area contributed by atoms with Gasteiger partial charge in [-0.1, -0.05) is 30.3 Å². The van der Waals surface area contributed by atoms with Gasteiger partial charge in [0.05, 0.1) is 6.61 Å². The van der Waals surface area contributed by atoms with E-state index in [-0.39, 0.29) is 6.61 Å². The fourth-order valence-corrected chi connectivity index (χ4v) is 1.93. The molecule has 0 fully saturated rings. The van der Waals surface area contributed by atoms with E-state index in [9.17, 15) is 14.7 Å². The van der Waals surface area contributed by atoms with Gasteiger partial charge in [-0.15, -0.1) is 0 Å². The number of nitrogens with zero attached hydrogens (tertiary/aromatic N) is 1. The average molecular weight is 295 g/mol. The maximum Gasteiger partial charge on any atom is 0.411 e. The second kappa shape index (κ2) is 7.08. The number of carbonyl (C=O) groups excluding carboxylic acids is 1. The monoisotopic (exact) mass is 295 g/mol. The van der Waals surface area contributed by atoms with Crippen molar-refractivity contribution in [1.82, 2.24) is 4.90 Å². The molecular formula is C15H21NO5. The quantitative estimate of drug-likeness (QED) is 0.866. The number of aliphatic carboxylic acids is 1. The number of hydrogen-bond donors (Lipinski definition) is 2. The van der Waals surface area contributed by atoms with Crippen LogP contribution in [0.5, 0.6) is 0 Å². The predicted octanol–water partition coefficient (Wildman–Crippen LogP) is 1.87. The summed E-state index contributed by atoms with van der Waals surface area (Å²) in [6, 6.07) is 7.74. The van der Waals surface area contributed by atoms with Gasteiger partial charge in [-0.2, -0.15) is 0 Å². The lowest BCUT2D eigenvalue weighted by Crippen LogP contribution is -2.56. The Bertz CT molecular complexity index is 481. The second-order valence-corrected chi connectivity index (χ2v) is 5.62. The van der Waals surface area contributed by atoms with Gasteiger partial charge in [-0.25, -0.2) is 9.59 Å². The summed E-state index contributed by atoms with van der Waals surface area (Å²) >= 11 is 0. The molecule has 0 saturated carbocycles. The Hall–Kier alpha value is -2.08. The Morgan fingerprint density at radius 1 is 1.24 bits per heavy atom. The van der Waals surface area contributed by atoms with Crippen molar-refractivity contribution in [2.24, 2.45) is 0 Å². The van der Waals surface area contributed by atoms with Gasteiger partial charge in [0, 0.05) is 5.54 Å². The first-order valence-electron chi connectivity index (χ1n) is 6.61. The average Bonchev–Trinajstić information content (AvgIpc) is 2.41. The maximum atomic E-state index is 12.2. The largest absolute Gasteiger partial charge is 0.480 e. The van der Waals surface area contributed by atoms with Crippen LogP contribution in [0.15, 0.2) is 30.3 Å². The van der Waals surface area contributed by atoms with Gasteiger partial charge < -0.3 is 14.9 Å². The van der Waals surface area contributed by atoms with Crippen molar-refractivity contribution in [2.75, 3.05) is 6.61 Å². The zero-order chi connectivity index (χ0) is 16.0. The third-order valence-electron chi connectivity index (χ3n) is 2.89. The van der Waals surface area contributed by atoms with Crippen LogP contribution >= 0.6 is 0 Å². The number of carboxylic acid groups (broad SMARTS) is 1. The second-order valence-electron chi connectivity index (χ2n) is 5.62. The van der Waals surface area contributed by atoms with Crippen molar-refractivity contribution in [2.45, 2.75) is 39.0 Å². The lowest BCUT2D eigenvalue weighted by molar-refractivity contribution is -0.146. The fourth-order valence-electron chi connectivity index (χ4n) is 1.93. The molecule has 0 bridgehead atoms. The summed E-state index contributed by atoms with van der Waals surface area (Å²) in [5, 5.41) is 18.4. The number of carboxylic acids is 1. The van der Waals surface area contributed by atoms with Crippen molar-refractivity contribution in [3.63, 3.8) is 0 Å². The van der Waals surface area contributed by atoms with E-state index >= 15 is 0 Å². The minimum atomic E-state index is -1.34. The Labute approximate surface area is 124 Å². The van der Waals surface area contributed by atoms with Crippen LogP contribution in [0.4, 0.5) is 4.79 Å². The molecule has 0 unspecified atom stereocenters. The van der Waals surface area contributed by atoms with Gasteiger partial charge in [0.2, 0.25) is 0 Å². The molecule has 0 aliphatic carbocycles. The third-order valence-corrected chi connectivity index (χ3v) is 2.89. The topological polar surface area (TPSA) is 87.1 Å². The number of carbonyl (C=O) groups is 2. The molecule has 1 aromatic rings. The standard InChI is InChI=1S/C15H21NO5/c1-15(2,3)16(12(9-17)13(18)19)14(20)21-10-11-7-5-4-6-8-11/h4-8,12,17H,9-10H2,1-3H3,(H,18,19)/t12-/m1/s1. The maximum absolute atomic E-state index is 12.2. The molecule has 0 spiro atoms. The first-order valence-corrected chi connectivity index (χ1v) is 6.61. The zero-order valence-corrected chi connectivity index (χ0v) is 12.4. The molecule has 21 heavy (non-hydrogen) atoms. The van der Waals surface area contributed by atoms with E-state index in [1.165, 1.54) is 0 Å². The summed E-state index contributed by atoms with van der Waals surface area (Å²) in [7, 11) is 0. The third kappa shape index (κ3) is 4.75. The van der Waals surface area contributed by atoms with Crippen molar-refractivity contribution >= 4 is 12.1 Å². The summed E-state index contributed by atoms with van der Waals surface area (Å²) in [6.45, 7) is 4.42. The normalized spacial score (nSPS) is 12.6. The van der Waals surface area contributed by atoms with Crippen LogP contribution in [-0.2, 0) is 16.1 Å². The van der Waals surface area contributed by atoms with E-state index in [1.807, 2.05) is 18.2 Å². The van der Waals surface area contributed by atoms with Crippen LogP contribution in [0.1, 0.15) is 26.3 Å². The molecule has 2 N–H and O–H groups in total. The van der Waals surface area contributed by atoms with E-state index in [0.717, 1.165) is 10.5 Å². The summed E-state index contributed by atoms with van der Waals surface area (Å²) in [5.74, 6) is -1.27. The molecule has 1 amide bonds. The van der Waals surface area contributed by atoms with Crippen LogP contribution in [0, 0.1) is 0 Å². The van der Waals surface area contributed by atoms with Crippen molar-refractivity contribution < 1.29 is 24.5 Å². The van der Waals surface area contributed by atoms with Crippen molar-refractivity contribution in [3.8, 4) is 0 Å². The molecular weight excluding hydrogens is 274 g/mol. The molecule has 6 nitrogen and oxygen atoms in total. The van der Waals surface area contributed by atoms with Crippen molar-refractivity contribution in [3.05, 3.63) is 35.9 Å². The number of ether oxygens (including phenoxy) is 1. The molecule has 0 aliphatic rings. The lowest BCUT2D eigenvalue weighted by Gasteiger charge is -2.38. The van der Waals surface area contributed by atoms with E-state index in [1.54, 1.807) is 32.9 Å². The number of aliphatic hydroxyl groups excluding tert-OH is 1. The van der Waals surface area contributed by atoms with Crippen LogP contribution in [0.3, 0.4) is 0 Å². The highest BCUT2D eigenvalue weighted by Crippen LogP contribution is 2.19. The van der Waals surface area contributed by atoms with Crippen LogP contribution < -0.4 is 0 Å². The van der Waals surface area contributed by atoms with Crippen LogP contribution in [0.2, 0.25) is 0 Å². The van der Waals surface area contributed by atoms with Crippen LogP contribution in [-0.4, -0.2) is 45.4 Å². The summed E-state index contributed by atoms with van der Waals surface area (Å²) in [5.41, 5.74) is 0.00936. The van der Waals surface area contributed by atoms with Gasteiger partial charge in [0.15, 0.2) is 6.04 Å². The Morgan fingerprint density at radius 3 is 2.24 bits per heavy atom. The summed E-state index contributed by atoms with van der Waals surface area (Å²) in [4.78, 5) is 24.4. The van der Waals surface area contributed by atoms with Gasteiger partial charge in [-0.05, 0) is 26.3 Å². The Morgan fingerprint density at radius 2 is 1.81 bits per heavy atom. The predicted molar refractivity (Wildman–Crippen MR) is 76.7 cm³/mol. The SMILES string of the molecule is CC(C)(C)N(C(=O)OCc1ccccc1)[C@H](CO)C(=O)O. The summed E-state index contributed by atoms with van der Waals surface area (Å²) < 4.78 is 5.16. The lowest BCUT2D eigenvalue weighted by atomic mass is 10.0. The molecule has 0 radical (unpaired) electrons. The highest BCUT2D eigenvalue weighted by molar-refractivity contribution is 5.80. The fraction of sp³-hybridized carbons (Fsp3) is 0.467. The number of hydrogen-bond acceptors (Lipinski definition) is 4. The van der Waals surface area contributed by atoms with E-state index in [2.05, 4.69) is 0 Å². The highest BCUT2D eigenvalue weighted by atomic mass is 16.6. The van der Waals surface area contributed by atoms with Crippen LogP contribution in [0.25, 0.3) is 0 Å². The minimum Gasteiger partial charge on any atom is -0.480 e. The Kier molecular flexibility index (Phi) is 5.72. The number of amides is 1. The molecule has 116 valence electrons. The van der Waals surface area contributed by atoms with Gasteiger partial charge >= 0.3 is 12.1 Å². The minimum absolute atomic E-state index is 0.0457. The smallest absolute Gasteiger partial charge is 0.411 e. The first-order chi connectivity index (χ1) is 9.77. The van der Waals surface area contributed by atoms with Gasteiger partial charge in [0.1, 0.15) is 6.61 Å². The summed E-state index contributed by atoms with van der Waals surface area (Å²) in [6.07, 6.45) is -0.771.